The minimum atomic E-state index is -3.57. The lowest BCUT2D eigenvalue weighted by atomic mass is 10.1. The van der Waals surface area contributed by atoms with Gasteiger partial charge in [-0.2, -0.15) is 0 Å². The maximum Gasteiger partial charge on any atom is 0.243 e. The summed E-state index contributed by atoms with van der Waals surface area (Å²) in [5.74, 6) is -0.240. The third kappa shape index (κ3) is 5.71. The van der Waals surface area contributed by atoms with Crippen LogP contribution in [0.1, 0.15) is 38.2 Å². The second kappa shape index (κ2) is 9.37. The summed E-state index contributed by atoms with van der Waals surface area (Å²) in [4.78, 5) is 15.1. The van der Waals surface area contributed by atoms with E-state index in [1.807, 2.05) is 26.0 Å². The quantitative estimate of drug-likeness (QED) is 0.749. The van der Waals surface area contributed by atoms with Gasteiger partial charge in [0.2, 0.25) is 15.9 Å². The number of sulfonamides is 1. The van der Waals surface area contributed by atoms with Gasteiger partial charge in [0.05, 0.1) is 11.9 Å². The van der Waals surface area contributed by atoms with Crippen molar-refractivity contribution in [3.8, 4) is 0 Å². The predicted octanol–water partition coefficient (Wildman–Crippen LogP) is 2.14. The molecule has 6 nitrogen and oxygen atoms in total. The molecule has 1 aromatic carbocycles. The molecule has 0 aliphatic carbocycles. The lowest BCUT2D eigenvalue weighted by Crippen LogP contribution is -2.50. The molecule has 0 aromatic heterocycles. The Hall–Kier alpha value is -1.60. The molecular formula is C19H31N3O3S. The third-order valence-corrected chi connectivity index (χ3v) is 5.97. The number of benzene rings is 1. The van der Waals surface area contributed by atoms with Crippen LogP contribution in [0, 0.1) is 6.92 Å². The Morgan fingerprint density at radius 2 is 1.81 bits per heavy atom. The summed E-state index contributed by atoms with van der Waals surface area (Å²) < 4.78 is 26.0. The first-order valence-corrected chi connectivity index (χ1v) is 11.2. The smallest absolute Gasteiger partial charge is 0.243 e. The van der Waals surface area contributed by atoms with Gasteiger partial charge >= 0.3 is 0 Å². The van der Waals surface area contributed by atoms with Crippen LogP contribution in [-0.2, 0) is 14.8 Å². The van der Waals surface area contributed by atoms with E-state index in [0.717, 1.165) is 31.5 Å². The van der Waals surface area contributed by atoms with Gasteiger partial charge in [0.1, 0.15) is 6.04 Å². The number of nitrogens with zero attached hydrogens (tertiary/aromatic N) is 2. The number of rotatable bonds is 8. The largest absolute Gasteiger partial charge is 0.353 e. The van der Waals surface area contributed by atoms with Crippen molar-refractivity contribution in [2.24, 2.45) is 0 Å². The molecular weight excluding hydrogens is 350 g/mol. The number of piperidine rings is 1. The minimum Gasteiger partial charge on any atom is -0.353 e. The Bertz CT molecular complexity index is 682. The molecule has 1 atom stereocenters. The zero-order chi connectivity index (χ0) is 19.2. The summed E-state index contributed by atoms with van der Waals surface area (Å²) in [6, 6.07) is 6.47. The van der Waals surface area contributed by atoms with Crippen molar-refractivity contribution in [3.05, 3.63) is 29.8 Å². The van der Waals surface area contributed by atoms with Crippen LogP contribution in [0.5, 0.6) is 0 Å². The highest BCUT2D eigenvalue weighted by Gasteiger charge is 2.31. The first-order chi connectivity index (χ1) is 12.3. The standard InChI is InChI=1S/C19H31N3O3S/c1-4-18(19(23)20-12-15-21-13-6-5-7-14-21)22(26(3,24)25)17-10-8-16(2)9-11-17/h8-11,18H,4-7,12-15H2,1-3H3,(H,20,23)/t18-/m1/s1. The molecule has 0 bridgehead atoms. The molecule has 2 rings (SSSR count). The number of carbonyl (C=O) groups excluding carboxylic acids is 1. The number of nitrogens with one attached hydrogen (secondary N) is 1. The molecule has 1 saturated heterocycles. The van der Waals surface area contributed by atoms with E-state index in [0.29, 0.717) is 18.7 Å². The molecule has 0 spiro atoms. The number of carbonyl (C=O) groups is 1. The van der Waals surface area contributed by atoms with Gasteiger partial charge in [0, 0.05) is 13.1 Å². The summed E-state index contributed by atoms with van der Waals surface area (Å²) in [5.41, 5.74) is 1.57. The molecule has 146 valence electrons. The lowest BCUT2D eigenvalue weighted by Gasteiger charge is -2.31. The fraction of sp³-hybridized carbons (Fsp3) is 0.632. The van der Waals surface area contributed by atoms with Crippen molar-refractivity contribution in [2.45, 2.75) is 45.6 Å². The molecule has 26 heavy (non-hydrogen) atoms. The average Bonchev–Trinajstić information content (AvgIpc) is 2.60. The van der Waals surface area contributed by atoms with E-state index < -0.39 is 16.1 Å². The monoisotopic (exact) mass is 381 g/mol. The van der Waals surface area contributed by atoms with Gasteiger partial charge in [-0.1, -0.05) is 31.0 Å². The fourth-order valence-corrected chi connectivity index (χ4v) is 4.60. The summed E-state index contributed by atoms with van der Waals surface area (Å²) in [7, 11) is -3.57. The molecule has 1 fully saturated rings. The fourth-order valence-electron chi connectivity index (χ4n) is 3.39. The maximum atomic E-state index is 12.7. The molecule has 1 amide bonds. The normalized spacial score (nSPS) is 16.9. The minimum absolute atomic E-state index is 0.240. The van der Waals surface area contributed by atoms with Crippen molar-refractivity contribution in [2.75, 3.05) is 36.7 Å². The van der Waals surface area contributed by atoms with E-state index >= 15 is 0 Å². The predicted molar refractivity (Wildman–Crippen MR) is 106 cm³/mol. The highest BCUT2D eigenvalue weighted by molar-refractivity contribution is 7.92. The number of hydrogen-bond acceptors (Lipinski definition) is 4. The number of likely N-dealkylation sites (tertiary alicyclic amines) is 1. The molecule has 0 unspecified atom stereocenters. The highest BCUT2D eigenvalue weighted by Crippen LogP contribution is 2.23. The summed E-state index contributed by atoms with van der Waals surface area (Å²) in [5, 5.41) is 2.93. The number of aryl methyl sites for hydroxylation is 1. The Labute approximate surface area is 157 Å². The Balaban J connectivity index is 2.06. The molecule has 1 aromatic rings. The molecule has 0 radical (unpaired) electrons. The van der Waals surface area contributed by atoms with Crippen LogP contribution < -0.4 is 9.62 Å². The van der Waals surface area contributed by atoms with Crippen molar-refractivity contribution in [1.29, 1.82) is 0 Å². The highest BCUT2D eigenvalue weighted by atomic mass is 32.2. The van der Waals surface area contributed by atoms with Crippen LogP contribution in [0.2, 0.25) is 0 Å². The average molecular weight is 382 g/mol. The second-order valence-corrected chi connectivity index (χ2v) is 8.87. The van der Waals surface area contributed by atoms with E-state index in [4.69, 9.17) is 0 Å². The zero-order valence-electron chi connectivity index (χ0n) is 16.1. The van der Waals surface area contributed by atoms with Crippen molar-refractivity contribution < 1.29 is 13.2 Å². The van der Waals surface area contributed by atoms with Crippen LogP contribution in [0.25, 0.3) is 0 Å². The summed E-state index contributed by atoms with van der Waals surface area (Å²) in [6.45, 7) is 7.28. The van der Waals surface area contributed by atoms with E-state index in [-0.39, 0.29) is 5.91 Å². The van der Waals surface area contributed by atoms with E-state index in [1.165, 1.54) is 23.6 Å². The molecule has 0 saturated carbocycles. The Morgan fingerprint density at radius 3 is 2.35 bits per heavy atom. The maximum absolute atomic E-state index is 12.7. The SMILES string of the molecule is CC[C@H](C(=O)NCCN1CCCCC1)N(c1ccc(C)cc1)S(C)(=O)=O. The Morgan fingerprint density at radius 1 is 1.19 bits per heavy atom. The van der Waals surface area contributed by atoms with Crippen LogP contribution in [0.3, 0.4) is 0 Å². The van der Waals surface area contributed by atoms with Crippen LogP contribution in [-0.4, -0.2) is 57.7 Å². The first-order valence-electron chi connectivity index (χ1n) is 9.39. The van der Waals surface area contributed by atoms with Crippen LogP contribution in [0.15, 0.2) is 24.3 Å². The third-order valence-electron chi connectivity index (χ3n) is 4.79. The van der Waals surface area contributed by atoms with Crippen LogP contribution in [0.4, 0.5) is 5.69 Å². The summed E-state index contributed by atoms with van der Waals surface area (Å²) in [6.07, 6.45) is 5.26. The zero-order valence-corrected chi connectivity index (χ0v) is 16.9. The van der Waals surface area contributed by atoms with Gasteiger partial charge in [0.15, 0.2) is 0 Å². The molecule has 1 aliphatic heterocycles. The number of amides is 1. The second-order valence-electron chi connectivity index (χ2n) is 7.01. The number of anilines is 1. The van der Waals surface area contributed by atoms with Gasteiger partial charge in [-0.05, 0) is 51.4 Å². The van der Waals surface area contributed by atoms with Crippen molar-refractivity contribution >= 4 is 21.6 Å². The summed E-state index contributed by atoms with van der Waals surface area (Å²) >= 11 is 0. The van der Waals surface area contributed by atoms with Gasteiger partial charge in [0.25, 0.3) is 0 Å². The van der Waals surface area contributed by atoms with E-state index in [9.17, 15) is 13.2 Å². The first kappa shape index (κ1) is 20.7. The van der Waals surface area contributed by atoms with Gasteiger partial charge in [-0.25, -0.2) is 8.42 Å². The van der Waals surface area contributed by atoms with Gasteiger partial charge < -0.3 is 10.2 Å². The molecule has 1 N–H and O–H groups in total. The van der Waals surface area contributed by atoms with Gasteiger partial charge in [-0.15, -0.1) is 0 Å². The van der Waals surface area contributed by atoms with E-state index in [2.05, 4.69) is 10.2 Å². The molecule has 7 heteroatoms. The Kier molecular flexibility index (Phi) is 7.46. The van der Waals surface area contributed by atoms with Crippen LogP contribution >= 0.6 is 0 Å². The van der Waals surface area contributed by atoms with Gasteiger partial charge in [-0.3, -0.25) is 9.10 Å². The molecule has 1 aliphatic rings. The molecule has 1 heterocycles. The number of hydrogen-bond donors (Lipinski definition) is 1. The topological polar surface area (TPSA) is 69.7 Å². The van der Waals surface area contributed by atoms with Crippen molar-refractivity contribution in [1.82, 2.24) is 10.2 Å². The lowest BCUT2D eigenvalue weighted by molar-refractivity contribution is -0.122. The van der Waals surface area contributed by atoms with Crippen molar-refractivity contribution in [3.63, 3.8) is 0 Å². The van der Waals surface area contributed by atoms with E-state index in [1.54, 1.807) is 12.1 Å².